The first-order chi connectivity index (χ1) is 11.5. The van der Waals surface area contributed by atoms with Crippen LogP contribution >= 0.6 is 11.6 Å². The summed E-state index contributed by atoms with van der Waals surface area (Å²) < 4.78 is 33.1. The monoisotopic (exact) mass is 367 g/mol. The first-order valence-corrected chi connectivity index (χ1v) is 9.90. The molecular formula is C16H18ClN3O3S. The molecule has 0 amide bonds. The van der Waals surface area contributed by atoms with E-state index in [2.05, 4.69) is 10.1 Å². The Balaban J connectivity index is 1.69. The van der Waals surface area contributed by atoms with Crippen LogP contribution in [0.4, 0.5) is 0 Å². The first-order valence-electron chi connectivity index (χ1n) is 8.08. The van der Waals surface area contributed by atoms with E-state index in [1.54, 1.807) is 19.1 Å². The highest BCUT2D eigenvalue weighted by Crippen LogP contribution is 2.41. The Kier molecular flexibility index (Phi) is 3.89. The summed E-state index contributed by atoms with van der Waals surface area (Å²) >= 11 is 6.00. The van der Waals surface area contributed by atoms with Crippen molar-refractivity contribution in [3.8, 4) is 0 Å². The van der Waals surface area contributed by atoms with E-state index >= 15 is 0 Å². The number of rotatable bonds is 4. The highest BCUT2D eigenvalue weighted by molar-refractivity contribution is 7.89. The SMILES string of the molecule is Cc1ccc(Cl)cc1S(=O)(=O)N1CCCC1c1nc(C2CC2)no1. The molecule has 4 rings (SSSR count). The molecule has 1 aliphatic heterocycles. The quantitative estimate of drug-likeness (QED) is 0.827. The lowest BCUT2D eigenvalue weighted by molar-refractivity contribution is 0.289. The van der Waals surface area contributed by atoms with Crippen LogP contribution in [0.5, 0.6) is 0 Å². The van der Waals surface area contributed by atoms with Crippen molar-refractivity contribution in [1.82, 2.24) is 14.4 Å². The maximum Gasteiger partial charge on any atom is 0.245 e. The zero-order valence-corrected chi connectivity index (χ0v) is 14.8. The maximum absolute atomic E-state index is 13.1. The third-order valence-electron chi connectivity index (χ3n) is 4.63. The van der Waals surface area contributed by atoms with Gasteiger partial charge in [0.25, 0.3) is 0 Å². The Labute approximate surface area is 145 Å². The molecule has 1 aromatic heterocycles. The summed E-state index contributed by atoms with van der Waals surface area (Å²) in [7, 11) is -3.66. The van der Waals surface area contributed by atoms with Crippen LogP contribution < -0.4 is 0 Å². The van der Waals surface area contributed by atoms with E-state index in [0.29, 0.717) is 41.2 Å². The molecule has 1 unspecified atom stereocenters. The van der Waals surface area contributed by atoms with Gasteiger partial charge in [0.1, 0.15) is 6.04 Å². The predicted molar refractivity (Wildman–Crippen MR) is 88.3 cm³/mol. The molecule has 0 N–H and O–H groups in total. The second-order valence-corrected chi connectivity index (χ2v) is 8.74. The highest BCUT2D eigenvalue weighted by atomic mass is 35.5. The van der Waals surface area contributed by atoms with Gasteiger partial charge in [-0.1, -0.05) is 22.8 Å². The first kappa shape index (κ1) is 16.1. The zero-order chi connectivity index (χ0) is 16.9. The topological polar surface area (TPSA) is 76.3 Å². The Morgan fingerprint density at radius 3 is 2.83 bits per heavy atom. The highest BCUT2D eigenvalue weighted by Gasteiger charge is 2.40. The fourth-order valence-electron chi connectivity index (χ4n) is 3.14. The summed E-state index contributed by atoms with van der Waals surface area (Å²) in [4.78, 5) is 4.68. The molecule has 0 spiro atoms. The number of benzene rings is 1. The van der Waals surface area contributed by atoms with Crippen LogP contribution in [-0.4, -0.2) is 29.4 Å². The molecule has 1 atom stereocenters. The molecule has 1 aliphatic carbocycles. The molecule has 1 saturated carbocycles. The number of sulfonamides is 1. The molecule has 2 aliphatic rings. The van der Waals surface area contributed by atoms with Gasteiger partial charge >= 0.3 is 0 Å². The molecule has 1 aromatic carbocycles. The largest absolute Gasteiger partial charge is 0.338 e. The Morgan fingerprint density at radius 2 is 2.08 bits per heavy atom. The van der Waals surface area contributed by atoms with Crippen LogP contribution in [-0.2, 0) is 10.0 Å². The van der Waals surface area contributed by atoms with Crippen LogP contribution in [0.3, 0.4) is 0 Å². The minimum atomic E-state index is -3.66. The van der Waals surface area contributed by atoms with E-state index in [-0.39, 0.29) is 4.90 Å². The summed E-state index contributed by atoms with van der Waals surface area (Å²) in [6.07, 6.45) is 3.61. The van der Waals surface area contributed by atoms with E-state index < -0.39 is 16.1 Å². The third-order valence-corrected chi connectivity index (χ3v) is 6.91. The van der Waals surface area contributed by atoms with E-state index in [4.69, 9.17) is 16.1 Å². The van der Waals surface area contributed by atoms with Crippen molar-refractivity contribution < 1.29 is 12.9 Å². The number of hydrogen-bond donors (Lipinski definition) is 0. The Bertz CT molecular complexity index is 876. The molecule has 2 heterocycles. The Hall–Kier alpha value is -1.44. The molecule has 128 valence electrons. The minimum absolute atomic E-state index is 0.240. The van der Waals surface area contributed by atoms with Crippen molar-refractivity contribution in [1.29, 1.82) is 0 Å². The van der Waals surface area contributed by atoms with Crippen LogP contribution in [0.15, 0.2) is 27.6 Å². The number of aryl methyl sites for hydroxylation is 1. The van der Waals surface area contributed by atoms with Gasteiger partial charge in [0.2, 0.25) is 15.9 Å². The van der Waals surface area contributed by atoms with Gasteiger partial charge in [-0.25, -0.2) is 8.42 Å². The van der Waals surface area contributed by atoms with Crippen molar-refractivity contribution in [3.05, 3.63) is 40.5 Å². The average Bonchev–Trinajstić information content (AvgIpc) is 3.09. The number of hydrogen-bond acceptors (Lipinski definition) is 5. The molecule has 6 nitrogen and oxygen atoms in total. The van der Waals surface area contributed by atoms with Crippen LogP contribution in [0.1, 0.15) is 54.9 Å². The second kappa shape index (κ2) is 5.82. The molecular weight excluding hydrogens is 350 g/mol. The van der Waals surface area contributed by atoms with E-state index in [1.165, 1.54) is 10.4 Å². The smallest absolute Gasteiger partial charge is 0.245 e. The van der Waals surface area contributed by atoms with Crippen molar-refractivity contribution in [2.75, 3.05) is 6.54 Å². The number of aromatic nitrogens is 2. The van der Waals surface area contributed by atoms with Crippen LogP contribution in [0, 0.1) is 6.92 Å². The van der Waals surface area contributed by atoms with Crippen LogP contribution in [0.2, 0.25) is 5.02 Å². The summed E-state index contributed by atoms with van der Waals surface area (Å²) in [6.45, 7) is 2.21. The third kappa shape index (κ3) is 2.74. The van der Waals surface area contributed by atoms with E-state index in [0.717, 1.165) is 19.3 Å². The second-order valence-electron chi connectivity index (χ2n) is 6.45. The number of halogens is 1. The lowest BCUT2D eigenvalue weighted by Gasteiger charge is -2.22. The van der Waals surface area contributed by atoms with Crippen molar-refractivity contribution in [2.45, 2.75) is 49.5 Å². The maximum atomic E-state index is 13.1. The normalized spacial score (nSPS) is 22.2. The number of nitrogens with zero attached hydrogens (tertiary/aromatic N) is 3. The van der Waals surface area contributed by atoms with Gasteiger partial charge in [0.15, 0.2) is 5.82 Å². The molecule has 1 saturated heterocycles. The fraction of sp³-hybridized carbons (Fsp3) is 0.500. The molecule has 2 aromatic rings. The van der Waals surface area contributed by atoms with Gasteiger partial charge in [-0.2, -0.15) is 9.29 Å². The Morgan fingerprint density at radius 1 is 1.29 bits per heavy atom. The average molecular weight is 368 g/mol. The lowest BCUT2D eigenvalue weighted by Crippen LogP contribution is -2.31. The molecule has 2 fully saturated rings. The van der Waals surface area contributed by atoms with Gasteiger partial charge in [0, 0.05) is 17.5 Å². The summed E-state index contributed by atoms with van der Waals surface area (Å²) in [5.74, 6) is 1.48. The predicted octanol–water partition coefficient (Wildman–Crippen LogP) is 3.43. The summed E-state index contributed by atoms with van der Waals surface area (Å²) in [6, 6.07) is 4.52. The van der Waals surface area contributed by atoms with Crippen molar-refractivity contribution >= 4 is 21.6 Å². The molecule has 24 heavy (non-hydrogen) atoms. The lowest BCUT2D eigenvalue weighted by atomic mass is 10.2. The zero-order valence-electron chi connectivity index (χ0n) is 13.3. The fourth-order valence-corrected chi connectivity index (χ4v) is 5.28. The molecule has 0 bridgehead atoms. The van der Waals surface area contributed by atoms with Crippen LogP contribution in [0.25, 0.3) is 0 Å². The van der Waals surface area contributed by atoms with Gasteiger partial charge < -0.3 is 4.52 Å². The van der Waals surface area contributed by atoms with Crippen molar-refractivity contribution in [3.63, 3.8) is 0 Å². The van der Waals surface area contributed by atoms with Gasteiger partial charge in [0.05, 0.1) is 4.90 Å². The summed E-state index contributed by atoms with van der Waals surface area (Å²) in [5.41, 5.74) is 0.675. The minimum Gasteiger partial charge on any atom is -0.338 e. The van der Waals surface area contributed by atoms with E-state index in [1.807, 2.05) is 0 Å². The van der Waals surface area contributed by atoms with Gasteiger partial charge in [-0.3, -0.25) is 0 Å². The van der Waals surface area contributed by atoms with Gasteiger partial charge in [-0.15, -0.1) is 0 Å². The van der Waals surface area contributed by atoms with Gasteiger partial charge in [-0.05, 0) is 50.3 Å². The standard InChI is InChI=1S/C16H18ClN3O3S/c1-10-4-7-12(17)9-14(10)24(21,22)20-8-2-3-13(20)16-18-15(19-23-16)11-5-6-11/h4,7,9,11,13H,2-3,5-6,8H2,1H3. The molecule has 8 heteroatoms. The molecule has 0 radical (unpaired) electrons. The van der Waals surface area contributed by atoms with E-state index in [9.17, 15) is 8.42 Å². The van der Waals surface area contributed by atoms with Crippen molar-refractivity contribution in [2.24, 2.45) is 0 Å². The summed E-state index contributed by atoms with van der Waals surface area (Å²) in [5, 5.41) is 4.42.